The molecule has 1 atom stereocenters. The summed E-state index contributed by atoms with van der Waals surface area (Å²) < 4.78 is 40.0. The third-order valence-electron chi connectivity index (χ3n) is 5.71. The van der Waals surface area contributed by atoms with Crippen LogP contribution in [0.25, 0.3) is 0 Å². The summed E-state index contributed by atoms with van der Waals surface area (Å²) in [5.74, 6) is -0.899. The standard InChI is InChI=1S/C19H28FN3O3S.ClH/c1-19(8-10-21-11-9-19)14-22-18(24)15-3-2-12-23(13-15)27(25,26)17-6-4-16(20)5-7-17;/h4-7,15,21H,2-3,8-14H2,1H3,(H,22,24);1H. The maximum Gasteiger partial charge on any atom is 0.243 e. The molecule has 1 aromatic carbocycles. The van der Waals surface area contributed by atoms with E-state index in [9.17, 15) is 17.6 Å². The highest BCUT2D eigenvalue weighted by atomic mass is 35.5. The zero-order chi connectivity index (χ0) is 19.5. The fourth-order valence-corrected chi connectivity index (χ4v) is 5.31. The summed E-state index contributed by atoms with van der Waals surface area (Å²) in [5.41, 5.74) is 0.0927. The zero-order valence-electron chi connectivity index (χ0n) is 16.1. The normalized spacial score (nSPS) is 22.9. The molecular formula is C19H29ClFN3O3S. The highest BCUT2D eigenvalue weighted by Crippen LogP contribution is 2.28. The molecule has 0 aliphatic carbocycles. The number of hydrogen-bond donors (Lipinski definition) is 2. The highest BCUT2D eigenvalue weighted by molar-refractivity contribution is 7.89. The fourth-order valence-electron chi connectivity index (χ4n) is 3.78. The first-order chi connectivity index (χ1) is 12.8. The van der Waals surface area contributed by atoms with Gasteiger partial charge in [0.15, 0.2) is 0 Å². The number of carbonyl (C=O) groups is 1. The van der Waals surface area contributed by atoms with Gasteiger partial charge in [-0.05, 0) is 68.5 Å². The lowest BCUT2D eigenvalue weighted by Crippen LogP contribution is -2.48. The maximum absolute atomic E-state index is 13.1. The molecule has 3 rings (SSSR count). The van der Waals surface area contributed by atoms with Crippen molar-refractivity contribution < 1.29 is 17.6 Å². The predicted octanol–water partition coefficient (Wildman–Crippen LogP) is 2.15. The topological polar surface area (TPSA) is 78.5 Å². The maximum atomic E-state index is 13.1. The van der Waals surface area contributed by atoms with Crippen molar-refractivity contribution in [3.63, 3.8) is 0 Å². The van der Waals surface area contributed by atoms with Crippen molar-refractivity contribution in [1.29, 1.82) is 0 Å². The molecule has 2 heterocycles. The van der Waals surface area contributed by atoms with Crippen molar-refractivity contribution >= 4 is 28.3 Å². The van der Waals surface area contributed by atoms with Crippen molar-refractivity contribution in [3.8, 4) is 0 Å². The number of amides is 1. The summed E-state index contributed by atoms with van der Waals surface area (Å²) in [7, 11) is -3.71. The van der Waals surface area contributed by atoms with E-state index in [0.29, 0.717) is 25.9 Å². The zero-order valence-corrected chi connectivity index (χ0v) is 17.8. The Bertz CT molecular complexity index is 767. The van der Waals surface area contributed by atoms with Crippen molar-refractivity contribution in [2.75, 3.05) is 32.7 Å². The van der Waals surface area contributed by atoms with Crippen molar-refractivity contribution in [1.82, 2.24) is 14.9 Å². The molecule has 2 saturated heterocycles. The number of nitrogens with zero attached hydrogens (tertiary/aromatic N) is 1. The molecule has 0 aromatic heterocycles. The van der Waals surface area contributed by atoms with Crippen LogP contribution in [0.4, 0.5) is 4.39 Å². The second-order valence-corrected chi connectivity index (χ2v) is 9.87. The van der Waals surface area contributed by atoms with E-state index in [1.54, 1.807) is 0 Å². The van der Waals surface area contributed by atoms with Gasteiger partial charge in [0, 0.05) is 19.6 Å². The Morgan fingerprint density at radius 1 is 1.29 bits per heavy atom. The quantitative estimate of drug-likeness (QED) is 0.745. The van der Waals surface area contributed by atoms with Crippen LogP contribution in [0, 0.1) is 17.2 Å². The number of halogens is 2. The van der Waals surface area contributed by atoms with Crippen LogP contribution in [0.2, 0.25) is 0 Å². The number of nitrogens with one attached hydrogen (secondary N) is 2. The minimum absolute atomic E-state index is 0. The largest absolute Gasteiger partial charge is 0.355 e. The number of carbonyl (C=O) groups excluding carboxylic acids is 1. The first-order valence-corrected chi connectivity index (χ1v) is 11.0. The SMILES string of the molecule is CC1(CNC(=O)C2CCCN(S(=O)(=O)c3ccc(F)cc3)C2)CCNCC1.Cl. The van der Waals surface area contributed by atoms with Gasteiger partial charge in [0.2, 0.25) is 15.9 Å². The van der Waals surface area contributed by atoms with Crippen molar-refractivity contribution in [2.45, 2.75) is 37.5 Å². The second-order valence-electron chi connectivity index (χ2n) is 7.93. The van der Waals surface area contributed by atoms with Gasteiger partial charge in [-0.1, -0.05) is 6.92 Å². The third-order valence-corrected chi connectivity index (χ3v) is 7.59. The Morgan fingerprint density at radius 3 is 2.57 bits per heavy atom. The predicted molar refractivity (Wildman–Crippen MR) is 108 cm³/mol. The summed E-state index contributed by atoms with van der Waals surface area (Å²) >= 11 is 0. The first-order valence-electron chi connectivity index (χ1n) is 9.54. The Hall–Kier alpha value is -1.22. The van der Waals surface area contributed by atoms with E-state index in [-0.39, 0.29) is 41.1 Å². The van der Waals surface area contributed by atoms with E-state index in [0.717, 1.165) is 38.1 Å². The molecule has 2 fully saturated rings. The molecule has 9 heteroatoms. The van der Waals surface area contributed by atoms with Gasteiger partial charge in [-0.25, -0.2) is 12.8 Å². The molecule has 0 radical (unpaired) electrons. The highest BCUT2D eigenvalue weighted by Gasteiger charge is 2.34. The molecular weight excluding hydrogens is 405 g/mol. The van der Waals surface area contributed by atoms with Crippen LogP contribution in [0.3, 0.4) is 0 Å². The summed E-state index contributed by atoms with van der Waals surface area (Å²) in [6, 6.07) is 4.82. The molecule has 1 amide bonds. The summed E-state index contributed by atoms with van der Waals surface area (Å²) in [6.45, 7) is 5.27. The van der Waals surface area contributed by atoms with Crippen LogP contribution in [0.15, 0.2) is 29.2 Å². The molecule has 1 unspecified atom stereocenters. The van der Waals surface area contributed by atoms with Gasteiger partial charge >= 0.3 is 0 Å². The van der Waals surface area contributed by atoms with Gasteiger partial charge in [0.25, 0.3) is 0 Å². The lowest BCUT2D eigenvalue weighted by atomic mass is 9.81. The van der Waals surface area contributed by atoms with Gasteiger partial charge in [-0.15, -0.1) is 12.4 Å². The number of benzene rings is 1. The lowest BCUT2D eigenvalue weighted by molar-refractivity contribution is -0.126. The average molecular weight is 434 g/mol. The van der Waals surface area contributed by atoms with Crippen LogP contribution < -0.4 is 10.6 Å². The Morgan fingerprint density at radius 2 is 1.93 bits per heavy atom. The van der Waals surface area contributed by atoms with Crippen LogP contribution in [-0.4, -0.2) is 51.4 Å². The Kier molecular flexibility index (Phi) is 7.84. The van der Waals surface area contributed by atoms with Crippen LogP contribution in [0.5, 0.6) is 0 Å². The summed E-state index contributed by atoms with van der Waals surface area (Å²) in [4.78, 5) is 12.7. The lowest BCUT2D eigenvalue weighted by Gasteiger charge is -2.35. The Labute approximate surface area is 172 Å². The number of rotatable bonds is 5. The first kappa shape index (κ1) is 23.1. The molecule has 0 spiro atoms. The van der Waals surface area contributed by atoms with E-state index in [1.165, 1.54) is 16.4 Å². The van der Waals surface area contributed by atoms with E-state index in [2.05, 4.69) is 17.6 Å². The molecule has 2 aliphatic heterocycles. The smallest absolute Gasteiger partial charge is 0.243 e. The van der Waals surface area contributed by atoms with Crippen LogP contribution in [0.1, 0.15) is 32.6 Å². The molecule has 2 aliphatic rings. The molecule has 2 N–H and O–H groups in total. The number of piperidine rings is 2. The van der Waals surface area contributed by atoms with Gasteiger partial charge in [-0.2, -0.15) is 4.31 Å². The molecule has 0 bridgehead atoms. The number of sulfonamides is 1. The van der Waals surface area contributed by atoms with Crippen LogP contribution in [-0.2, 0) is 14.8 Å². The van der Waals surface area contributed by atoms with Gasteiger partial charge < -0.3 is 10.6 Å². The van der Waals surface area contributed by atoms with E-state index in [4.69, 9.17) is 0 Å². The summed E-state index contributed by atoms with van der Waals surface area (Å²) in [5, 5.41) is 6.37. The Balaban J connectivity index is 0.00000280. The van der Waals surface area contributed by atoms with Gasteiger partial charge in [0.1, 0.15) is 5.82 Å². The van der Waals surface area contributed by atoms with E-state index < -0.39 is 15.8 Å². The fraction of sp³-hybridized carbons (Fsp3) is 0.632. The minimum atomic E-state index is -3.71. The van der Waals surface area contributed by atoms with Crippen molar-refractivity contribution in [2.24, 2.45) is 11.3 Å². The molecule has 6 nitrogen and oxygen atoms in total. The monoisotopic (exact) mass is 433 g/mol. The van der Waals surface area contributed by atoms with Gasteiger partial charge in [-0.3, -0.25) is 4.79 Å². The van der Waals surface area contributed by atoms with Crippen molar-refractivity contribution in [3.05, 3.63) is 30.1 Å². The molecule has 28 heavy (non-hydrogen) atoms. The van der Waals surface area contributed by atoms with E-state index in [1.807, 2.05) is 0 Å². The average Bonchev–Trinajstić information content (AvgIpc) is 2.67. The number of hydrogen-bond acceptors (Lipinski definition) is 4. The minimum Gasteiger partial charge on any atom is -0.355 e. The van der Waals surface area contributed by atoms with E-state index >= 15 is 0 Å². The molecule has 1 aromatic rings. The second kappa shape index (κ2) is 9.52. The van der Waals surface area contributed by atoms with Crippen LogP contribution >= 0.6 is 12.4 Å². The van der Waals surface area contributed by atoms with Gasteiger partial charge in [0.05, 0.1) is 10.8 Å². The third kappa shape index (κ3) is 5.43. The molecule has 0 saturated carbocycles. The molecule has 158 valence electrons. The summed E-state index contributed by atoms with van der Waals surface area (Å²) in [6.07, 6.45) is 3.35.